The second-order valence-corrected chi connectivity index (χ2v) is 3.64. The molecule has 0 radical (unpaired) electrons. The van der Waals surface area contributed by atoms with Crippen LogP contribution in [0.1, 0.15) is 10.4 Å². The summed E-state index contributed by atoms with van der Waals surface area (Å²) in [7, 11) is 1.45. The number of ketones is 1. The first kappa shape index (κ1) is 10.6. The summed E-state index contributed by atoms with van der Waals surface area (Å²) in [4.78, 5) is 11.3. The van der Waals surface area contributed by atoms with Crippen LogP contribution >= 0.6 is 22.6 Å². The van der Waals surface area contributed by atoms with Crippen molar-refractivity contribution >= 4 is 28.4 Å². The Kier molecular flexibility index (Phi) is 3.80. The van der Waals surface area contributed by atoms with Crippen LogP contribution in [-0.4, -0.2) is 19.5 Å². The van der Waals surface area contributed by atoms with Gasteiger partial charge in [0.15, 0.2) is 5.78 Å². The average molecular weight is 294 g/mol. The first-order chi connectivity index (χ1) is 6.15. The molecule has 0 aliphatic rings. The van der Waals surface area contributed by atoms with Gasteiger partial charge in [-0.2, -0.15) is 0 Å². The maximum Gasteiger partial charge on any atom is 0.189 e. The molecule has 0 aliphatic carbocycles. The van der Waals surface area contributed by atoms with Gasteiger partial charge >= 0.3 is 0 Å². The molecule has 0 aliphatic heterocycles. The molecule has 13 heavy (non-hydrogen) atoms. The third-order valence-corrected chi connectivity index (χ3v) is 2.40. The molecule has 0 N–H and O–H groups in total. The molecule has 0 heterocycles. The third kappa shape index (κ3) is 2.73. The van der Waals surface area contributed by atoms with E-state index in [2.05, 4.69) is 0 Å². The topological polar surface area (TPSA) is 26.3 Å². The monoisotopic (exact) mass is 294 g/mol. The number of ether oxygens (including phenoxy) is 1. The highest BCUT2D eigenvalue weighted by Gasteiger charge is 2.09. The van der Waals surface area contributed by atoms with Gasteiger partial charge in [0.1, 0.15) is 12.4 Å². The summed E-state index contributed by atoms with van der Waals surface area (Å²) in [6, 6.07) is 4.06. The molecule has 0 saturated carbocycles. The highest BCUT2D eigenvalue weighted by atomic mass is 127. The van der Waals surface area contributed by atoms with Crippen molar-refractivity contribution in [2.24, 2.45) is 0 Å². The van der Waals surface area contributed by atoms with Crippen LogP contribution in [0.5, 0.6) is 0 Å². The van der Waals surface area contributed by atoms with E-state index in [9.17, 15) is 9.18 Å². The summed E-state index contributed by atoms with van der Waals surface area (Å²) in [6.07, 6.45) is 0. The lowest BCUT2D eigenvalue weighted by molar-refractivity contribution is 0.0847. The van der Waals surface area contributed by atoms with Crippen LogP contribution in [0.3, 0.4) is 0 Å². The Morgan fingerprint density at radius 2 is 2.31 bits per heavy atom. The fourth-order valence-electron chi connectivity index (χ4n) is 0.924. The second kappa shape index (κ2) is 4.66. The van der Waals surface area contributed by atoms with E-state index in [1.54, 1.807) is 0 Å². The van der Waals surface area contributed by atoms with Crippen molar-refractivity contribution in [1.82, 2.24) is 0 Å². The van der Waals surface area contributed by atoms with Gasteiger partial charge in [0.2, 0.25) is 0 Å². The minimum Gasteiger partial charge on any atom is -0.377 e. The van der Waals surface area contributed by atoms with Gasteiger partial charge in [0.25, 0.3) is 0 Å². The van der Waals surface area contributed by atoms with Crippen molar-refractivity contribution in [1.29, 1.82) is 0 Å². The Bertz CT molecular complexity index is 325. The standard InChI is InChI=1S/C9H8FIO2/c1-13-5-9(12)7-3-2-6(10)4-8(7)11/h2-4H,5H2,1H3. The molecule has 1 rings (SSSR count). The van der Waals surface area contributed by atoms with Gasteiger partial charge in [-0.05, 0) is 40.8 Å². The van der Waals surface area contributed by atoms with Crippen LogP contribution in [0.15, 0.2) is 18.2 Å². The van der Waals surface area contributed by atoms with E-state index in [-0.39, 0.29) is 18.2 Å². The molecule has 4 heteroatoms. The fourth-order valence-corrected chi connectivity index (χ4v) is 1.70. The molecule has 0 spiro atoms. The number of hydrogen-bond acceptors (Lipinski definition) is 2. The van der Waals surface area contributed by atoms with Gasteiger partial charge in [-0.1, -0.05) is 0 Å². The van der Waals surface area contributed by atoms with Crippen LogP contribution in [0.25, 0.3) is 0 Å². The van der Waals surface area contributed by atoms with E-state index in [4.69, 9.17) is 4.74 Å². The second-order valence-electron chi connectivity index (χ2n) is 2.48. The summed E-state index contributed by atoms with van der Waals surface area (Å²) in [5.74, 6) is -0.467. The van der Waals surface area contributed by atoms with Crippen molar-refractivity contribution in [3.63, 3.8) is 0 Å². The Morgan fingerprint density at radius 1 is 1.62 bits per heavy atom. The molecular weight excluding hydrogens is 286 g/mol. The fraction of sp³-hybridized carbons (Fsp3) is 0.222. The SMILES string of the molecule is COCC(=O)c1ccc(F)cc1I. The Balaban J connectivity index is 2.95. The van der Waals surface area contributed by atoms with Crippen molar-refractivity contribution in [3.05, 3.63) is 33.1 Å². The summed E-state index contributed by atoms with van der Waals surface area (Å²) in [5, 5.41) is 0. The number of rotatable bonds is 3. The van der Waals surface area contributed by atoms with Gasteiger partial charge in [0, 0.05) is 16.2 Å². The predicted molar refractivity (Wildman–Crippen MR) is 55.3 cm³/mol. The number of carbonyl (C=O) groups is 1. The number of halogens is 2. The van der Waals surface area contributed by atoms with E-state index >= 15 is 0 Å². The number of methoxy groups -OCH3 is 1. The zero-order valence-corrected chi connectivity index (χ0v) is 9.17. The summed E-state index contributed by atoms with van der Waals surface area (Å²) in [5.41, 5.74) is 0.504. The van der Waals surface area contributed by atoms with Gasteiger partial charge in [-0.3, -0.25) is 4.79 Å². The third-order valence-electron chi connectivity index (χ3n) is 1.51. The van der Waals surface area contributed by atoms with Crippen molar-refractivity contribution in [2.75, 3.05) is 13.7 Å². The highest BCUT2D eigenvalue weighted by molar-refractivity contribution is 14.1. The van der Waals surface area contributed by atoms with E-state index in [0.29, 0.717) is 9.13 Å². The average Bonchev–Trinajstić information content (AvgIpc) is 2.04. The minimum absolute atomic E-state index is 0.0294. The largest absolute Gasteiger partial charge is 0.377 e. The maximum absolute atomic E-state index is 12.6. The van der Waals surface area contributed by atoms with Crippen LogP contribution in [-0.2, 0) is 4.74 Å². The number of hydrogen-bond donors (Lipinski definition) is 0. The highest BCUT2D eigenvalue weighted by Crippen LogP contribution is 2.14. The van der Waals surface area contributed by atoms with E-state index in [1.807, 2.05) is 22.6 Å². The number of carbonyl (C=O) groups excluding carboxylic acids is 1. The van der Waals surface area contributed by atoms with Crippen molar-refractivity contribution in [3.8, 4) is 0 Å². The lowest BCUT2D eigenvalue weighted by Gasteiger charge is -2.02. The number of Topliss-reactive ketones (excluding diaryl/α,β-unsaturated/α-hetero) is 1. The molecule has 2 nitrogen and oxygen atoms in total. The predicted octanol–water partition coefficient (Wildman–Crippen LogP) is 2.26. The molecule has 0 unspecified atom stereocenters. The zero-order chi connectivity index (χ0) is 9.84. The molecule has 1 aromatic rings. The molecule has 0 atom stereocenters. The summed E-state index contributed by atoms with van der Waals surface area (Å²) >= 11 is 1.92. The van der Waals surface area contributed by atoms with Gasteiger partial charge < -0.3 is 4.74 Å². The van der Waals surface area contributed by atoms with Crippen molar-refractivity contribution in [2.45, 2.75) is 0 Å². The lowest BCUT2D eigenvalue weighted by Crippen LogP contribution is -2.08. The normalized spacial score (nSPS) is 10.1. The quantitative estimate of drug-likeness (QED) is 0.631. The summed E-state index contributed by atoms with van der Waals surface area (Å²) in [6.45, 7) is 0.0294. The van der Waals surface area contributed by atoms with E-state index in [1.165, 1.54) is 25.3 Å². The molecule has 1 aromatic carbocycles. The van der Waals surface area contributed by atoms with Crippen LogP contribution < -0.4 is 0 Å². The molecular formula is C9H8FIO2. The Morgan fingerprint density at radius 3 is 2.85 bits per heavy atom. The van der Waals surface area contributed by atoms with Crippen LogP contribution in [0.4, 0.5) is 4.39 Å². The zero-order valence-electron chi connectivity index (χ0n) is 7.01. The van der Waals surface area contributed by atoms with Gasteiger partial charge in [-0.15, -0.1) is 0 Å². The maximum atomic E-state index is 12.6. The lowest BCUT2D eigenvalue weighted by atomic mass is 10.1. The first-order valence-electron chi connectivity index (χ1n) is 3.62. The minimum atomic E-state index is -0.335. The first-order valence-corrected chi connectivity index (χ1v) is 4.70. The Hall–Kier alpha value is -0.490. The molecule has 0 amide bonds. The smallest absolute Gasteiger partial charge is 0.189 e. The van der Waals surface area contributed by atoms with Crippen molar-refractivity contribution < 1.29 is 13.9 Å². The molecule has 0 saturated heterocycles. The van der Waals surface area contributed by atoms with Gasteiger partial charge in [0.05, 0.1) is 0 Å². The number of benzene rings is 1. The molecule has 0 fully saturated rings. The van der Waals surface area contributed by atoms with Gasteiger partial charge in [-0.25, -0.2) is 4.39 Å². The molecule has 0 aromatic heterocycles. The van der Waals surface area contributed by atoms with Crippen LogP contribution in [0.2, 0.25) is 0 Å². The van der Waals surface area contributed by atoms with Crippen LogP contribution in [0, 0.1) is 9.39 Å². The Labute approximate surface area is 89.2 Å². The summed E-state index contributed by atoms with van der Waals surface area (Å²) < 4.78 is 18.0. The molecule has 0 bridgehead atoms. The van der Waals surface area contributed by atoms with E-state index < -0.39 is 0 Å². The molecule has 70 valence electrons. The van der Waals surface area contributed by atoms with E-state index in [0.717, 1.165) is 0 Å².